The standard InChI is InChI=1S/C20H25N3O2S/c1-25-15-11-9-14(10-12-15)17-7-5-13-23(17)20(24)22-19-21-16-6-3-2-4-8-18(16)26-19/h9-12,17H,2-8,13H2,1H3,(H,21,22,24). The molecule has 2 amide bonds. The number of aryl methyl sites for hydroxylation is 2. The second-order valence-electron chi connectivity index (χ2n) is 7.00. The molecule has 0 bridgehead atoms. The van der Waals surface area contributed by atoms with Crippen molar-refractivity contribution >= 4 is 22.5 Å². The molecule has 0 radical (unpaired) electrons. The number of methoxy groups -OCH3 is 1. The van der Waals surface area contributed by atoms with Crippen LogP contribution in [0.3, 0.4) is 0 Å². The molecular formula is C20H25N3O2S. The van der Waals surface area contributed by atoms with E-state index in [2.05, 4.69) is 22.4 Å². The molecule has 0 spiro atoms. The van der Waals surface area contributed by atoms with E-state index in [1.54, 1.807) is 18.4 Å². The number of rotatable bonds is 3. The molecule has 1 saturated heterocycles. The number of benzene rings is 1. The van der Waals surface area contributed by atoms with Crippen LogP contribution in [0.4, 0.5) is 9.93 Å². The summed E-state index contributed by atoms with van der Waals surface area (Å²) in [6.07, 6.45) is 7.87. The van der Waals surface area contributed by atoms with Crippen LogP contribution in [0.5, 0.6) is 5.75 Å². The number of urea groups is 1. The third-order valence-electron chi connectivity index (χ3n) is 5.32. The van der Waals surface area contributed by atoms with E-state index in [0.29, 0.717) is 0 Å². The van der Waals surface area contributed by atoms with Gasteiger partial charge in [0.25, 0.3) is 0 Å². The molecule has 1 fully saturated rings. The molecule has 1 unspecified atom stereocenters. The molecule has 26 heavy (non-hydrogen) atoms. The zero-order chi connectivity index (χ0) is 17.9. The third-order valence-corrected chi connectivity index (χ3v) is 6.40. The molecule has 1 aromatic heterocycles. The van der Waals surface area contributed by atoms with E-state index in [-0.39, 0.29) is 12.1 Å². The van der Waals surface area contributed by atoms with E-state index in [4.69, 9.17) is 4.74 Å². The second kappa shape index (κ2) is 7.66. The maximum absolute atomic E-state index is 12.9. The summed E-state index contributed by atoms with van der Waals surface area (Å²) >= 11 is 1.65. The second-order valence-corrected chi connectivity index (χ2v) is 8.09. The number of carbonyl (C=O) groups is 1. The quantitative estimate of drug-likeness (QED) is 0.789. The van der Waals surface area contributed by atoms with Crippen LogP contribution in [0.25, 0.3) is 0 Å². The van der Waals surface area contributed by atoms with Crippen LogP contribution >= 0.6 is 11.3 Å². The first kappa shape index (κ1) is 17.3. The number of hydrogen-bond acceptors (Lipinski definition) is 4. The van der Waals surface area contributed by atoms with Crippen molar-refractivity contribution in [3.63, 3.8) is 0 Å². The Bertz CT molecular complexity index is 748. The monoisotopic (exact) mass is 371 g/mol. The number of nitrogens with one attached hydrogen (secondary N) is 1. The van der Waals surface area contributed by atoms with Gasteiger partial charge in [0, 0.05) is 11.4 Å². The van der Waals surface area contributed by atoms with E-state index in [9.17, 15) is 4.79 Å². The number of hydrogen-bond donors (Lipinski definition) is 1. The fraction of sp³-hybridized carbons (Fsp3) is 0.500. The van der Waals surface area contributed by atoms with Gasteiger partial charge in [-0.3, -0.25) is 5.32 Å². The van der Waals surface area contributed by atoms with Gasteiger partial charge >= 0.3 is 6.03 Å². The van der Waals surface area contributed by atoms with Crippen molar-refractivity contribution in [2.75, 3.05) is 19.0 Å². The molecule has 1 N–H and O–H groups in total. The summed E-state index contributed by atoms with van der Waals surface area (Å²) in [4.78, 5) is 20.8. The Morgan fingerprint density at radius 1 is 1.19 bits per heavy atom. The average molecular weight is 372 g/mol. The van der Waals surface area contributed by atoms with Gasteiger partial charge in [-0.2, -0.15) is 0 Å². The SMILES string of the molecule is COc1ccc(C2CCCN2C(=O)Nc2nc3c(s2)CCCCC3)cc1. The molecule has 1 aliphatic carbocycles. The van der Waals surface area contributed by atoms with Crippen molar-refractivity contribution in [1.82, 2.24) is 9.88 Å². The lowest BCUT2D eigenvalue weighted by Crippen LogP contribution is -2.34. The largest absolute Gasteiger partial charge is 0.497 e. The molecule has 1 atom stereocenters. The number of anilines is 1. The molecule has 0 saturated carbocycles. The van der Waals surface area contributed by atoms with Crippen molar-refractivity contribution in [1.29, 1.82) is 0 Å². The topological polar surface area (TPSA) is 54.5 Å². The number of likely N-dealkylation sites (tertiary alicyclic amines) is 1. The predicted octanol–water partition coefficient (Wildman–Crippen LogP) is 4.79. The highest BCUT2D eigenvalue weighted by atomic mass is 32.1. The van der Waals surface area contributed by atoms with Gasteiger partial charge in [-0.25, -0.2) is 9.78 Å². The summed E-state index contributed by atoms with van der Waals surface area (Å²) in [5, 5.41) is 3.81. The summed E-state index contributed by atoms with van der Waals surface area (Å²) in [5.74, 6) is 0.840. The molecule has 4 rings (SSSR count). The zero-order valence-electron chi connectivity index (χ0n) is 15.2. The molecule has 6 heteroatoms. The Hall–Kier alpha value is -2.08. The summed E-state index contributed by atoms with van der Waals surface area (Å²) < 4.78 is 5.23. The lowest BCUT2D eigenvalue weighted by Gasteiger charge is -2.25. The van der Waals surface area contributed by atoms with Gasteiger partial charge in [0.05, 0.1) is 18.8 Å². The summed E-state index contributed by atoms with van der Waals surface area (Å²) in [6, 6.07) is 8.12. The lowest BCUT2D eigenvalue weighted by atomic mass is 10.0. The molecule has 1 aliphatic heterocycles. The highest BCUT2D eigenvalue weighted by Crippen LogP contribution is 2.34. The van der Waals surface area contributed by atoms with Crippen molar-refractivity contribution in [3.05, 3.63) is 40.4 Å². The van der Waals surface area contributed by atoms with Gasteiger partial charge in [0.1, 0.15) is 5.75 Å². The maximum atomic E-state index is 12.9. The van der Waals surface area contributed by atoms with E-state index >= 15 is 0 Å². The number of nitrogens with zero attached hydrogens (tertiary/aromatic N) is 2. The summed E-state index contributed by atoms with van der Waals surface area (Å²) in [6.45, 7) is 0.785. The highest BCUT2D eigenvalue weighted by Gasteiger charge is 2.30. The number of ether oxygens (including phenoxy) is 1. The molecule has 2 aromatic rings. The van der Waals surface area contributed by atoms with Crippen LogP contribution in [0.15, 0.2) is 24.3 Å². The molecule has 5 nitrogen and oxygen atoms in total. The third kappa shape index (κ3) is 3.56. The molecule has 2 heterocycles. The van der Waals surface area contributed by atoms with Crippen molar-refractivity contribution < 1.29 is 9.53 Å². The number of thiazole rings is 1. The number of fused-ring (bicyclic) bond motifs is 1. The smallest absolute Gasteiger partial charge is 0.324 e. The Morgan fingerprint density at radius 2 is 2.00 bits per heavy atom. The van der Waals surface area contributed by atoms with Gasteiger partial charge in [0.15, 0.2) is 5.13 Å². The zero-order valence-corrected chi connectivity index (χ0v) is 16.0. The fourth-order valence-electron chi connectivity index (χ4n) is 3.93. The van der Waals surface area contributed by atoms with Crippen LogP contribution in [0, 0.1) is 0 Å². The maximum Gasteiger partial charge on any atom is 0.324 e. The molecule has 1 aromatic carbocycles. The van der Waals surface area contributed by atoms with Gasteiger partial charge in [-0.05, 0) is 56.2 Å². The number of amides is 2. The first-order valence-corrected chi connectivity index (χ1v) is 10.3. The fourth-order valence-corrected chi connectivity index (χ4v) is 4.97. The van der Waals surface area contributed by atoms with Crippen LogP contribution in [0.2, 0.25) is 0 Å². The minimum atomic E-state index is -0.0350. The van der Waals surface area contributed by atoms with Crippen LogP contribution in [0.1, 0.15) is 54.3 Å². The molecule has 2 aliphatic rings. The van der Waals surface area contributed by atoms with E-state index < -0.39 is 0 Å². The Kier molecular flexibility index (Phi) is 5.11. The highest BCUT2D eigenvalue weighted by molar-refractivity contribution is 7.15. The minimum absolute atomic E-state index is 0.0350. The van der Waals surface area contributed by atoms with Crippen molar-refractivity contribution in [3.8, 4) is 5.75 Å². The Labute approximate surface area is 158 Å². The van der Waals surface area contributed by atoms with Gasteiger partial charge in [0.2, 0.25) is 0 Å². The van der Waals surface area contributed by atoms with Crippen molar-refractivity contribution in [2.45, 2.75) is 51.0 Å². The predicted molar refractivity (Wildman–Crippen MR) is 104 cm³/mol. The minimum Gasteiger partial charge on any atom is -0.497 e. The van der Waals surface area contributed by atoms with E-state index in [0.717, 1.165) is 48.7 Å². The Morgan fingerprint density at radius 3 is 2.81 bits per heavy atom. The first-order chi connectivity index (χ1) is 12.7. The average Bonchev–Trinajstić information content (AvgIpc) is 3.24. The summed E-state index contributed by atoms with van der Waals surface area (Å²) in [7, 11) is 1.67. The van der Waals surface area contributed by atoms with Crippen LogP contribution < -0.4 is 10.1 Å². The van der Waals surface area contributed by atoms with Crippen LogP contribution in [-0.2, 0) is 12.8 Å². The van der Waals surface area contributed by atoms with E-state index in [1.165, 1.54) is 29.8 Å². The Balaban J connectivity index is 1.46. The number of carbonyl (C=O) groups excluding carboxylic acids is 1. The number of aromatic nitrogens is 1. The molecule has 138 valence electrons. The van der Waals surface area contributed by atoms with Crippen molar-refractivity contribution in [2.24, 2.45) is 0 Å². The van der Waals surface area contributed by atoms with Crippen LogP contribution in [-0.4, -0.2) is 29.6 Å². The van der Waals surface area contributed by atoms with Gasteiger partial charge in [-0.15, -0.1) is 11.3 Å². The normalized spacial score (nSPS) is 19.7. The van der Waals surface area contributed by atoms with Gasteiger partial charge in [-0.1, -0.05) is 18.6 Å². The summed E-state index contributed by atoms with van der Waals surface area (Å²) in [5.41, 5.74) is 2.35. The first-order valence-electron chi connectivity index (χ1n) is 9.45. The van der Waals surface area contributed by atoms with E-state index in [1.807, 2.05) is 17.0 Å². The molecular weight excluding hydrogens is 346 g/mol. The van der Waals surface area contributed by atoms with Gasteiger partial charge < -0.3 is 9.64 Å². The lowest BCUT2D eigenvalue weighted by molar-refractivity contribution is 0.207.